The summed E-state index contributed by atoms with van der Waals surface area (Å²) in [4.78, 5) is 23.8. The number of nitrogens with one attached hydrogen (secondary N) is 1. The molecule has 5 heterocycles. The number of fused-ring (bicyclic) bond motifs is 3. The molecule has 3 aliphatic heterocycles. The van der Waals surface area contributed by atoms with Crippen molar-refractivity contribution in [3.63, 3.8) is 0 Å². The van der Waals surface area contributed by atoms with E-state index in [1.165, 1.54) is 16.8 Å². The van der Waals surface area contributed by atoms with Gasteiger partial charge in [-0.25, -0.2) is 9.78 Å². The summed E-state index contributed by atoms with van der Waals surface area (Å²) in [6.07, 6.45) is 3.77. The van der Waals surface area contributed by atoms with Gasteiger partial charge in [0.2, 0.25) is 0 Å². The minimum atomic E-state index is 0.146. The number of benzene rings is 1. The summed E-state index contributed by atoms with van der Waals surface area (Å²) in [7, 11) is 1.93. The number of hydrogen-bond acceptors (Lipinski definition) is 5. The molecule has 31 heavy (non-hydrogen) atoms. The lowest BCUT2D eigenvalue weighted by Crippen LogP contribution is -2.49. The van der Waals surface area contributed by atoms with E-state index in [-0.39, 0.29) is 12.1 Å². The molecule has 1 N–H and O–H groups in total. The zero-order valence-corrected chi connectivity index (χ0v) is 18.0. The van der Waals surface area contributed by atoms with Crippen molar-refractivity contribution < 1.29 is 4.79 Å². The van der Waals surface area contributed by atoms with E-state index < -0.39 is 0 Å². The molecule has 0 radical (unpaired) electrons. The third kappa shape index (κ3) is 2.89. The number of amides is 2. The summed E-state index contributed by atoms with van der Waals surface area (Å²) >= 11 is 0. The van der Waals surface area contributed by atoms with Gasteiger partial charge in [0.25, 0.3) is 0 Å². The first-order valence-corrected chi connectivity index (χ1v) is 11.0. The van der Waals surface area contributed by atoms with Crippen LogP contribution in [0.3, 0.4) is 0 Å². The number of hydrogen-bond donors (Lipinski definition) is 1. The van der Waals surface area contributed by atoms with Crippen LogP contribution in [0.15, 0.2) is 36.7 Å². The van der Waals surface area contributed by atoms with Gasteiger partial charge in [0.05, 0.1) is 23.3 Å². The topological polar surface area (TPSA) is 69.5 Å². The molecule has 2 aromatic heterocycles. The normalized spacial score (nSPS) is 23.4. The average Bonchev–Trinajstić information content (AvgIpc) is 3.34. The maximum Gasteiger partial charge on any atom is 0.324 e. The second-order valence-corrected chi connectivity index (χ2v) is 8.94. The van der Waals surface area contributed by atoms with Crippen LogP contribution < -0.4 is 15.1 Å². The molecule has 8 heteroatoms. The third-order valence-corrected chi connectivity index (χ3v) is 7.00. The number of aryl methyl sites for hydroxylation is 1. The van der Waals surface area contributed by atoms with Crippen LogP contribution in [0.1, 0.15) is 24.0 Å². The van der Waals surface area contributed by atoms with E-state index in [0.717, 1.165) is 56.0 Å². The number of rotatable bonds is 2. The van der Waals surface area contributed by atoms with Crippen molar-refractivity contribution >= 4 is 28.4 Å². The Morgan fingerprint density at radius 2 is 2.10 bits per heavy atom. The minimum absolute atomic E-state index is 0.146. The number of pyridine rings is 1. The van der Waals surface area contributed by atoms with Crippen LogP contribution >= 0.6 is 0 Å². The minimum Gasteiger partial charge on any atom is -0.366 e. The Labute approximate surface area is 181 Å². The van der Waals surface area contributed by atoms with Gasteiger partial charge in [0.1, 0.15) is 0 Å². The number of piperazine rings is 1. The van der Waals surface area contributed by atoms with E-state index in [0.29, 0.717) is 5.92 Å². The maximum atomic E-state index is 13.0. The van der Waals surface area contributed by atoms with Gasteiger partial charge < -0.3 is 15.1 Å². The molecule has 160 valence electrons. The van der Waals surface area contributed by atoms with Gasteiger partial charge >= 0.3 is 6.03 Å². The van der Waals surface area contributed by atoms with Gasteiger partial charge in [-0.05, 0) is 35.2 Å². The molecule has 0 unspecified atom stereocenters. The van der Waals surface area contributed by atoms with Crippen molar-refractivity contribution in [2.24, 2.45) is 7.05 Å². The Morgan fingerprint density at radius 1 is 1.19 bits per heavy atom. The highest BCUT2D eigenvalue weighted by Crippen LogP contribution is 2.37. The SMILES string of the molecule is C[C@H]1CN(c2ccnc3c2cnn3C)Cc2ccc(N3C[C@@H]4CNCCN4C3=O)cc21. The summed E-state index contributed by atoms with van der Waals surface area (Å²) in [5.74, 6) is 0.366. The Kier molecular flexibility index (Phi) is 4.17. The first-order valence-electron chi connectivity index (χ1n) is 11.0. The molecule has 0 bridgehead atoms. The molecule has 6 rings (SSSR count). The van der Waals surface area contributed by atoms with Crippen molar-refractivity contribution in [1.29, 1.82) is 0 Å². The van der Waals surface area contributed by atoms with Crippen molar-refractivity contribution in [2.45, 2.75) is 25.4 Å². The van der Waals surface area contributed by atoms with Crippen molar-refractivity contribution in [3.8, 4) is 0 Å². The lowest BCUT2D eigenvalue weighted by Gasteiger charge is -2.35. The molecular formula is C23H27N7O. The highest BCUT2D eigenvalue weighted by molar-refractivity contribution is 5.95. The molecular weight excluding hydrogens is 390 g/mol. The summed E-state index contributed by atoms with van der Waals surface area (Å²) in [6.45, 7) is 7.37. The number of nitrogens with zero attached hydrogens (tertiary/aromatic N) is 6. The molecule has 0 spiro atoms. The van der Waals surface area contributed by atoms with Crippen molar-refractivity contribution in [1.82, 2.24) is 25.0 Å². The monoisotopic (exact) mass is 417 g/mol. The van der Waals surface area contributed by atoms with E-state index in [1.54, 1.807) is 0 Å². The summed E-state index contributed by atoms with van der Waals surface area (Å²) < 4.78 is 1.82. The molecule has 3 aliphatic rings. The quantitative estimate of drug-likeness (QED) is 0.693. The van der Waals surface area contributed by atoms with Crippen LogP contribution in [-0.4, -0.2) is 64.5 Å². The third-order valence-electron chi connectivity index (χ3n) is 7.00. The number of urea groups is 1. The van der Waals surface area contributed by atoms with Gasteiger partial charge in [-0.2, -0.15) is 5.10 Å². The van der Waals surface area contributed by atoms with Crippen molar-refractivity contribution in [2.75, 3.05) is 42.5 Å². The number of carbonyl (C=O) groups excluding carboxylic acids is 1. The number of aromatic nitrogens is 3. The van der Waals surface area contributed by atoms with Crippen LogP contribution in [0.4, 0.5) is 16.2 Å². The Morgan fingerprint density at radius 3 is 2.97 bits per heavy atom. The smallest absolute Gasteiger partial charge is 0.324 e. The van der Waals surface area contributed by atoms with Crippen LogP contribution in [0.5, 0.6) is 0 Å². The molecule has 2 saturated heterocycles. The zero-order chi connectivity index (χ0) is 21.1. The molecule has 2 fully saturated rings. The maximum absolute atomic E-state index is 13.0. The number of anilines is 2. The Bertz CT molecular complexity index is 1170. The second kappa shape index (κ2) is 6.95. The molecule has 0 saturated carbocycles. The van der Waals surface area contributed by atoms with Crippen LogP contribution in [0.2, 0.25) is 0 Å². The Hall–Kier alpha value is -3.13. The molecule has 8 nitrogen and oxygen atoms in total. The van der Waals surface area contributed by atoms with Gasteiger partial charge in [0, 0.05) is 58.2 Å². The van der Waals surface area contributed by atoms with Crippen LogP contribution in [0.25, 0.3) is 11.0 Å². The zero-order valence-electron chi connectivity index (χ0n) is 18.0. The Balaban J connectivity index is 1.30. The fourth-order valence-electron chi connectivity index (χ4n) is 5.38. The highest BCUT2D eigenvalue weighted by Gasteiger charge is 2.39. The van der Waals surface area contributed by atoms with Gasteiger partial charge in [-0.1, -0.05) is 13.0 Å². The molecule has 2 atom stereocenters. The average molecular weight is 418 g/mol. The molecule has 2 amide bonds. The van der Waals surface area contributed by atoms with E-state index in [1.807, 2.05) is 33.9 Å². The molecule has 0 aliphatic carbocycles. The molecule has 1 aromatic carbocycles. The lowest BCUT2D eigenvalue weighted by atomic mass is 9.90. The second-order valence-electron chi connectivity index (χ2n) is 8.94. The summed E-state index contributed by atoms with van der Waals surface area (Å²) in [5, 5.41) is 8.88. The fourth-order valence-corrected chi connectivity index (χ4v) is 5.38. The standard InChI is InChI=1S/C23H27N7O/c1-15-12-28(21-5-6-25-22-20(21)11-26-27(22)2)13-16-3-4-17(9-19(15)16)30-14-18-10-24-7-8-29(18)23(30)31/h3-6,9,11,15,18,24H,7-8,10,12-14H2,1-2H3/t15-,18-/m0/s1. The van der Waals surface area contributed by atoms with E-state index in [4.69, 9.17) is 0 Å². The van der Waals surface area contributed by atoms with Gasteiger partial charge in [-0.15, -0.1) is 0 Å². The summed E-state index contributed by atoms with van der Waals surface area (Å²) in [5.41, 5.74) is 5.78. The number of carbonyl (C=O) groups is 1. The first kappa shape index (κ1) is 18.6. The van der Waals surface area contributed by atoms with Crippen molar-refractivity contribution in [3.05, 3.63) is 47.8 Å². The lowest BCUT2D eigenvalue weighted by molar-refractivity contribution is 0.193. The fraction of sp³-hybridized carbons (Fsp3) is 0.435. The van der Waals surface area contributed by atoms with Gasteiger partial charge in [-0.3, -0.25) is 9.58 Å². The van der Waals surface area contributed by atoms with Gasteiger partial charge in [0.15, 0.2) is 5.65 Å². The van der Waals surface area contributed by atoms with Crippen LogP contribution in [0, 0.1) is 0 Å². The predicted octanol–water partition coefficient (Wildman–Crippen LogP) is 2.31. The molecule has 3 aromatic rings. The van der Waals surface area contributed by atoms with E-state index >= 15 is 0 Å². The van der Waals surface area contributed by atoms with E-state index in [9.17, 15) is 4.79 Å². The van der Waals surface area contributed by atoms with E-state index in [2.05, 4.69) is 51.5 Å². The largest absolute Gasteiger partial charge is 0.366 e. The predicted molar refractivity (Wildman–Crippen MR) is 121 cm³/mol. The summed E-state index contributed by atoms with van der Waals surface area (Å²) in [6, 6.07) is 9.07. The first-order chi connectivity index (χ1) is 15.1. The van der Waals surface area contributed by atoms with Crippen LogP contribution in [-0.2, 0) is 13.6 Å². The highest BCUT2D eigenvalue weighted by atomic mass is 16.2.